The van der Waals surface area contributed by atoms with Crippen molar-refractivity contribution < 1.29 is 13.2 Å². The van der Waals surface area contributed by atoms with E-state index in [1.807, 2.05) is 6.26 Å². The summed E-state index contributed by atoms with van der Waals surface area (Å²) < 4.78 is 27.2. The van der Waals surface area contributed by atoms with Crippen molar-refractivity contribution in [1.82, 2.24) is 20.1 Å². The summed E-state index contributed by atoms with van der Waals surface area (Å²) >= 11 is 1.59. The Morgan fingerprint density at radius 3 is 2.73 bits per heavy atom. The lowest BCUT2D eigenvalue weighted by Crippen LogP contribution is -2.27. The molecule has 0 radical (unpaired) electrons. The second kappa shape index (κ2) is 9.38. The van der Waals surface area contributed by atoms with Gasteiger partial charge in [-0.15, -0.1) is 10.2 Å². The maximum absolute atomic E-state index is 12.5. The van der Waals surface area contributed by atoms with Gasteiger partial charge in [0.15, 0.2) is 5.16 Å². The predicted octanol–water partition coefficient (Wildman–Crippen LogP) is 2.34. The van der Waals surface area contributed by atoms with Gasteiger partial charge in [0.05, 0.1) is 11.9 Å². The van der Waals surface area contributed by atoms with Gasteiger partial charge in [0.1, 0.15) is 5.82 Å². The van der Waals surface area contributed by atoms with E-state index in [9.17, 15) is 13.2 Å². The molecule has 0 saturated heterocycles. The Balaban J connectivity index is 1.56. The molecule has 0 aliphatic carbocycles. The molecule has 0 saturated carbocycles. The second-order valence-corrected chi connectivity index (χ2v) is 10.6. The van der Waals surface area contributed by atoms with Crippen LogP contribution in [0.2, 0.25) is 0 Å². The van der Waals surface area contributed by atoms with Crippen LogP contribution in [0.1, 0.15) is 42.0 Å². The highest BCUT2D eigenvalue weighted by molar-refractivity contribution is 7.98. The third-order valence-electron chi connectivity index (χ3n) is 4.98. The third-order valence-corrected chi connectivity index (χ3v) is 6.83. The molecule has 1 aromatic heterocycles. The van der Waals surface area contributed by atoms with E-state index in [4.69, 9.17) is 0 Å². The minimum atomic E-state index is -3.29. The van der Waals surface area contributed by atoms with Crippen molar-refractivity contribution in [2.75, 3.05) is 29.9 Å². The number of aromatic nitrogens is 3. The molecular weight excluding hydrogens is 422 g/mol. The number of benzene rings is 1. The van der Waals surface area contributed by atoms with Crippen molar-refractivity contribution in [3.05, 3.63) is 35.2 Å². The fraction of sp³-hybridized carbons (Fsp3) is 0.550. The van der Waals surface area contributed by atoms with Gasteiger partial charge in [0.25, 0.3) is 5.91 Å². The van der Waals surface area contributed by atoms with E-state index in [0.717, 1.165) is 35.9 Å². The van der Waals surface area contributed by atoms with Crippen LogP contribution in [0.15, 0.2) is 23.4 Å². The minimum absolute atomic E-state index is 0.149. The third kappa shape index (κ3) is 5.15. The van der Waals surface area contributed by atoms with Crippen molar-refractivity contribution in [3.8, 4) is 0 Å². The first kappa shape index (κ1) is 22.6. The molecule has 3 rings (SSSR count). The van der Waals surface area contributed by atoms with E-state index in [0.29, 0.717) is 36.7 Å². The lowest BCUT2D eigenvalue weighted by molar-refractivity contribution is 0.0953. The van der Waals surface area contributed by atoms with Crippen LogP contribution in [-0.2, 0) is 29.4 Å². The zero-order valence-electron chi connectivity index (χ0n) is 17.9. The number of amides is 1. The summed E-state index contributed by atoms with van der Waals surface area (Å²) in [6.45, 7) is 6.17. The van der Waals surface area contributed by atoms with E-state index < -0.39 is 10.0 Å². The molecule has 1 amide bonds. The Morgan fingerprint density at radius 1 is 1.30 bits per heavy atom. The maximum Gasteiger partial charge on any atom is 0.251 e. The van der Waals surface area contributed by atoms with Gasteiger partial charge < -0.3 is 9.88 Å². The van der Waals surface area contributed by atoms with Crippen LogP contribution in [0.4, 0.5) is 5.69 Å². The van der Waals surface area contributed by atoms with E-state index in [2.05, 4.69) is 33.9 Å². The van der Waals surface area contributed by atoms with Gasteiger partial charge in [-0.2, -0.15) is 0 Å². The molecule has 2 heterocycles. The van der Waals surface area contributed by atoms with Gasteiger partial charge in [-0.3, -0.25) is 9.10 Å². The Bertz CT molecular complexity index is 1020. The quantitative estimate of drug-likeness (QED) is 0.464. The number of nitrogens with zero attached hydrogens (tertiary/aromatic N) is 4. The van der Waals surface area contributed by atoms with Crippen molar-refractivity contribution in [2.45, 2.75) is 44.8 Å². The molecule has 1 aliphatic heterocycles. The van der Waals surface area contributed by atoms with E-state index in [1.165, 1.54) is 10.6 Å². The van der Waals surface area contributed by atoms with Gasteiger partial charge >= 0.3 is 0 Å². The number of nitrogens with one attached hydrogen (secondary N) is 1. The average molecular weight is 452 g/mol. The summed E-state index contributed by atoms with van der Waals surface area (Å²) in [5.41, 5.74) is 2.11. The van der Waals surface area contributed by atoms with Crippen molar-refractivity contribution in [2.24, 2.45) is 5.92 Å². The van der Waals surface area contributed by atoms with Gasteiger partial charge in [-0.1, -0.05) is 25.6 Å². The first-order valence-electron chi connectivity index (χ1n) is 10.1. The predicted molar refractivity (Wildman–Crippen MR) is 120 cm³/mol. The molecule has 0 fully saturated rings. The van der Waals surface area contributed by atoms with Crippen molar-refractivity contribution in [3.63, 3.8) is 0 Å². The summed E-state index contributed by atoms with van der Waals surface area (Å²) in [6.07, 6.45) is 5.33. The lowest BCUT2D eigenvalue weighted by atomic mass is 10.1. The summed E-state index contributed by atoms with van der Waals surface area (Å²) in [7, 11) is -3.29. The zero-order valence-corrected chi connectivity index (χ0v) is 19.5. The first-order valence-corrected chi connectivity index (χ1v) is 13.1. The zero-order chi connectivity index (χ0) is 21.9. The number of sulfonamides is 1. The largest absolute Gasteiger partial charge is 0.352 e. The van der Waals surface area contributed by atoms with Crippen LogP contribution in [-0.4, -0.2) is 54.7 Å². The Morgan fingerprint density at radius 2 is 2.07 bits per heavy atom. The second-order valence-electron chi connectivity index (χ2n) is 7.90. The molecule has 0 unspecified atom stereocenters. The minimum Gasteiger partial charge on any atom is -0.352 e. The smallest absolute Gasteiger partial charge is 0.251 e. The average Bonchev–Trinajstić information content (AvgIpc) is 3.27. The highest BCUT2D eigenvalue weighted by atomic mass is 32.2. The topological polar surface area (TPSA) is 97.2 Å². The van der Waals surface area contributed by atoms with Crippen LogP contribution in [0.25, 0.3) is 0 Å². The highest BCUT2D eigenvalue weighted by Crippen LogP contribution is 2.30. The number of hydrogen-bond acceptors (Lipinski definition) is 6. The van der Waals surface area contributed by atoms with Crippen LogP contribution in [0, 0.1) is 5.92 Å². The number of fused-ring (bicyclic) bond motifs is 1. The van der Waals surface area contributed by atoms with Gasteiger partial charge in [0.2, 0.25) is 10.0 Å². The highest BCUT2D eigenvalue weighted by Gasteiger charge is 2.26. The number of carbonyl (C=O) groups excluding carboxylic acids is 1. The van der Waals surface area contributed by atoms with Gasteiger partial charge in [-0.05, 0) is 48.8 Å². The molecule has 164 valence electrons. The molecule has 0 spiro atoms. The van der Waals surface area contributed by atoms with E-state index >= 15 is 0 Å². The van der Waals surface area contributed by atoms with E-state index in [1.54, 1.807) is 30.0 Å². The SMILES string of the molecule is CSc1nnc(CCCNC(=O)c2ccc3c(c2)CCN3S(C)(=O)=O)n1CC(C)C. The van der Waals surface area contributed by atoms with Crippen LogP contribution >= 0.6 is 11.8 Å². The fourth-order valence-corrected chi connectivity index (χ4v) is 5.09. The fourth-order valence-electron chi connectivity index (χ4n) is 3.61. The summed E-state index contributed by atoms with van der Waals surface area (Å²) in [5.74, 6) is 1.30. The number of carbonyl (C=O) groups is 1. The molecule has 1 aromatic carbocycles. The summed E-state index contributed by atoms with van der Waals surface area (Å²) in [5, 5.41) is 12.4. The number of hydrogen-bond donors (Lipinski definition) is 1. The van der Waals surface area contributed by atoms with Crippen LogP contribution < -0.4 is 9.62 Å². The number of aryl methyl sites for hydroxylation is 1. The molecule has 1 aliphatic rings. The molecule has 10 heteroatoms. The van der Waals surface area contributed by atoms with Crippen molar-refractivity contribution in [1.29, 1.82) is 0 Å². The normalized spacial score (nSPS) is 13.7. The van der Waals surface area contributed by atoms with Crippen LogP contribution in [0.5, 0.6) is 0 Å². The molecular formula is C20H29N5O3S2. The Hall–Kier alpha value is -2.07. The number of thioether (sulfide) groups is 1. The number of anilines is 1. The Labute approximate surface area is 182 Å². The monoisotopic (exact) mass is 451 g/mol. The standard InChI is InChI=1S/C20H29N5O3S2/c1-14(2)13-24-18(22-23-20(24)29-3)6-5-10-21-19(26)16-7-8-17-15(12-16)9-11-25(17)30(4,27)28/h7-8,12,14H,5-6,9-11,13H2,1-4H3,(H,21,26). The first-order chi connectivity index (χ1) is 14.2. The van der Waals surface area contributed by atoms with Crippen molar-refractivity contribution >= 4 is 33.4 Å². The van der Waals surface area contributed by atoms with Crippen LogP contribution in [0.3, 0.4) is 0 Å². The summed E-state index contributed by atoms with van der Waals surface area (Å²) in [6, 6.07) is 5.19. The molecule has 8 nitrogen and oxygen atoms in total. The molecule has 0 bridgehead atoms. The molecule has 2 aromatic rings. The molecule has 1 N–H and O–H groups in total. The molecule has 0 atom stereocenters. The summed E-state index contributed by atoms with van der Waals surface area (Å²) in [4.78, 5) is 12.5. The Kier molecular flexibility index (Phi) is 7.07. The molecule has 30 heavy (non-hydrogen) atoms. The van der Waals surface area contributed by atoms with E-state index in [-0.39, 0.29) is 5.91 Å². The lowest BCUT2D eigenvalue weighted by Gasteiger charge is -2.16. The maximum atomic E-state index is 12.5. The number of rotatable bonds is 9. The van der Waals surface area contributed by atoms with Gasteiger partial charge in [-0.25, -0.2) is 8.42 Å². The van der Waals surface area contributed by atoms with Gasteiger partial charge in [0, 0.05) is 31.6 Å².